The molecule has 0 radical (unpaired) electrons. The Kier molecular flexibility index (Phi) is 7.16. The highest BCUT2D eigenvalue weighted by molar-refractivity contribution is 6.53. The average Bonchev–Trinajstić information content (AvgIpc) is 3.39. The predicted molar refractivity (Wildman–Crippen MR) is 136 cm³/mol. The van der Waals surface area contributed by atoms with E-state index in [2.05, 4.69) is 16.0 Å². The van der Waals surface area contributed by atoms with Crippen LogP contribution in [-0.4, -0.2) is 23.2 Å². The summed E-state index contributed by atoms with van der Waals surface area (Å²) in [5, 5.41) is 8.05. The van der Waals surface area contributed by atoms with Crippen molar-refractivity contribution in [2.45, 2.75) is 10.3 Å². The lowest BCUT2D eigenvalue weighted by atomic mass is 10.1. The molecule has 35 heavy (non-hydrogen) atoms. The number of benzene rings is 3. The molecule has 0 aromatic heterocycles. The highest BCUT2D eigenvalue weighted by atomic mass is 35.5. The topological polar surface area (TPSA) is 70.2 Å². The van der Waals surface area contributed by atoms with Gasteiger partial charge in [0.1, 0.15) is 15.8 Å². The number of carbonyl (C=O) groups excluding carboxylic acids is 2. The van der Waals surface area contributed by atoms with Crippen LogP contribution in [0.15, 0.2) is 54.6 Å². The summed E-state index contributed by atoms with van der Waals surface area (Å²) in [4.78, 5) is 25.7. The molecule has 2 unspecified atom stereocenters. The van der Waals surface area contributed by atoms with Gasteiger partial charge in [-0.25, -0.2) is 8.78 Å². The fourth-order valence-corrected chi connectivity index (χ4v) is 4.96. The maximum atomic E-state index is 14.5. The smallest absolute Gasteiger partial charge is 0.257 e. The van der Waals surface area contributed by atoms with E-state index in [0.29, 0.717) is 5.02 Å². The van der Waals surface area contributed by atoms with Gasteiger partial charge in [0.15, 0.2) is 5.82 Å². The van der Waals surface area contributed by atoms with E-state index in [-0.39, 0.29) is 27.6 Å². The maximum Gasteiger partial charge on any atom is 0.257 e. The van der Waals surface area contributed by atoms with Crippen molar-refractivity contribution in [1.82, 2.24) is 0 Å². The van der Waals surface area contributed by atoms with Crippen LogP contribution in [0.2, 0.25) is 10.0 Å². The van der Waals surface area contributed by atoms with Crippen LogP contribution in [0, 0.1) is 17.6 Å². The largest absolute Gasteiger partial charge is 0.383 e. The molecule has 3 aromatic carbocycles. The molecular weight excluding hydrogens is 542 g/mol. The van der Waals surface area contributed by atoms with Gasteiger partial charge in [-0.15, -0.1) is 23.2 Å². The molecule has 0 spiro atoms. The van der Waals surface area contributed by atoms with Crippen LogP contribution in [0.5, 0.6) is 0 Å². The Bertz CT molecular complexity index is 1320. The first-order valence-corrected chi connectivity index (χ1v) is 11.8. The lowest BCUT2D eigenvalue weighted by Gasteiger charge is -2.12. The second-order valence-electron chi connectivity index (χ2n) is 7.85. The van der Waals surface area contributed by atoms with E-state index >= 15 is 0 Å². The molecule has 0 saturated heterocycles. The highest BCUT2D eigenvalue weighted by Gasteiger charge is 2.67. The first-order chi connectivity index (χ1) is 16.5. The Morgan fingerprint density at radius 3 is 2.29 bits per heavy atom. The zero-order valence-electron chi connectivity index (χ0n) is 17.9. The molecular formula is C24H17Cl4F2N3O2. The molecule has 0 bridgehead atoms. The molecule has 3 N–H and O–H groups in total. The van der Waals surface area contributed by atoms with Crippen molar-refractivity contribution >= 4 is 75.3 Å². The Balaban J connectivity index is 1.51. The third-order valence-electron chi connectivity index (χ3n) is 5.63. The van der Waals surface area contributed by atoms with E-state index < -0.39 is 39.6 Å². The van der Waals surface area contributed by atoms with Crippen LogP contribution < -0.4 is 16.0 Å². The van der Waals surface area contributed by atoms with Gasteiger partial charge in [-0.3, -0.25) is 9.59 Å². The monoisotopic (exact) mass is 557 g/mol. The summed E-state index contributed by atoms with van der Waals surface area (Å²) in [6.45, 7) is 0. The van der Waals surface area contributed by atoms with Gasteiger partial charge in [-0.05, 0) is 48.0 Å². The minimum atomic E-state index is -1.31. The van der Waals surface area contributed by atoms with Crippen LogP contribution in [-0.2, 0) is 4.79 Å². The number of carbonyl (C=O) groups is 2. The number of anilines is 3. The normalized spacial score (nSPS) is 18.0. The first kappa shape index (κ1) is 25.5. The van der Waals surface area contributed by atoms with Crippen LogP contribution in [0.1, 0.15) is 21.8 Å². The third kappa shape index (κ3) is 5.05. The molecule has 0 aliphatic heterocycles. The summed E-state index contributed by atoms with van der Waals surface area (Å²) in [5.74, 6) is -4.17. The summed E-state index contributed by atoms with van der Waals surface area (Å²) in [5.41, 5.74) is 0.348. The van der Waals surface area contributed by atoms with E-state index in [1.807, 2.05) is 0 Å². The Labute approximate surface area is 219 Å². The zero-order chi connectivity index (χ0) is 25.5. The summed E-state index contributed by atoms with van der Waals surface area (Å²) in [6, 6.07) is 13.2. The number of alkyl halides is 2. The quantitative estimate of drug-likeness (QED) is 0.283. The van der Waals surface area contributed by atoms with E-state index in [9.17, 15) is 18.4 Å². The first-order valence-electron chi connectivity index (χ1n) is 10.3. The summed E-state index contributed by atoms with van der Waals surface area (Å²) >= 11 is 24.8. The fraction of sp³-hybridized carbons (Fsp3) is 0.167. The van der Waals surface area contributed by atoms with Crippen LogP contribution in [0.25, 0.3) is 0 Å². The Hall–Kier alpha value is -2.58. The summed E-state index contributed by atoms with van der Waals surface area (Å²) in [7, 11) is 1.35. The number of hydrogen-bond acceptors (Lipinski definition) is 3. The number of nitrogens with one attached hydrogen (secondary N) is 3. The van der Waals surface area contributed by atoms with Crippen molar-refractivity contribution in [2.75, 3.05) is 23.0 Å². The fourth-order valence-electron chi connectivity index (χ4n) is 3.80. The summed E-state index contributed by atoms with van der Waals surface area (Å²) < 4.78 is 26.9. The molecule has 2 atom stereocenters. The molecule has 5 nitrogen and oxygen atoms in total. The maximum absolute atomic E-state index is 14.5. The van der Waals surface area contributed by atoms with E-state index in [4.69, 9.17) is 46.4 Å². The third-order valence-corrected chi connectivity index (χ3v) is 7.15. The Morgan fingerprint density at radius 1 is 0.943 bits per heavy atom. The number of amides is 2. The van der Waals surface area contributed by atoms with Gasteiger partial charge >= 0.3 is 0 Å². The molecule has 11 heteroatoms. The lowest BCUT2D eigenvalue weighted by molar-refractivity contribution is -0.117. The molecule has 3 aromatic rings. The van der Waals surface area contributed by atoms with Gasteiger partial charge in [-0.2, -0.15) is 0 Å². The van der Waals surface area contributed by atoms with Crippen molar-refractivity contribution in [2.24, 2.45) is 5.92 Å². The van der Waals surface area contributed by atoms with Gasteiger partial charge in [0.2, 0.25) is 5.91 Å². The van der Waals surface area contributed by atoms with Crippen LogP contribution >= 0.6 is 46.4 Å². The van der Waals surface area contributed by atoms with Gasteiger partial charge in [0.05, 0.1) is 22.2 Å². The average molecular weight is 559 g/mol. The van der Waals surface area contributed by atoms with Crippen LogP contribution in [0.4, 0.5) is 25.8 Å². The molecule has 1 saturated carbocycles. The van der Waals surface area contributed by atoms with Crippen LogP contribution in [0.3, 0.4) is 0 Å². The standard InChI is InChI=1S/C24H17Cl4F2N3O2/c1-31-21-16(29)8-9-17(20(21)30)33-22(34)14-10-13(6-7-15(14)26)32-23(35)19-18(24(19,27)28)11-2-4-12(25)5-3-11/h2-10,18-19,31H,1H3,(H,32,35)(H,33,34). The van der Waals surface area contributed by atoms with Crippen molar-refractivity contribution in [3.63, 3.8) is 0 Å². The van der Waals surface area contributed by atoms with Crippen molar-refractivity contribution in [3.8, 4) is 0 Å². The highest BCUT2D eigenvalue weighted by Crippen LogP contribution is 2.65. The lowest BCUT2D eigenvalue weighted by Crippen LogP contribution is -2.18. The molecule has 2 amide bonds. The van der Waals surface area contributed by atoms with Crippen molar-refractivity contribution in [1.29, 1.82) is 0 Å². The molecule has 1 aliphatic rings. The predicted octanol–water partition coefficient (Wildman–Crippen LogP) is 7.09. The SMILES string of the molecule is CNc1c(F)ccc(NC(=O)c2cc(NC(=O)C3C(c4ccc(Cl)cc4)C3(Cl)Cl)ccc2Cl)c1F. The number of halogens is 6. The Morgan fingerprint density at radius 2 is 1.63 bits per heavy atom. The van der Waals surface area contributed by atoms with E-state index in [1.165, 1.54) is 25.2 Å². The number of rotatable bonds is 6. The van der Waals surface area contributed by atoms with Gasteiger partial charge in [0.25, 0.3) is 5.91 Å². The second kappa shape index (κ2) is 9.82. The van der Waals surface area contributed by atoms with Crippen molar-refractivity contribution < 1.29 is 18.4 Å². The van der Waals surface area contributed by atoms with Gasteiger partial charge in [-0.1, -0.05) is 35.3 Å². The number of hydrogen-bond donors (Lipinski definition) is 3. The van der Waals surface area contributed by atoms with Gasteiger partial charge < -0.3 is 16.0 Å². The molecule has 1 fully saturated rings. The molecule has 182 valence electrons. The summed E-state index contributed by atoms with van der Waals surface area (Å²) in [6.07, 6.45) is 0. The molecule has 4 rings (SSSR count). The van der Waals surface area contributed by atoms with Gasteiger partial charge in [0, 0.05) is 23.7 Å². The zero-order valence-corrected chi connectivity index (χ0v) is 21.0. The molecule has 1 aliphatic carbocycles. The minimum absolute atomic E-state index is 0.0349. The minimum Gasteiger partial charge on any atom is -0.383 e. The molecule has 0 heterocycles. The second-order valence-corrected chi connectivity index (χ2v) is 10.1. The van der Waals surface area contributed by atoms with Crippen molar-refractivity contribution in [3.05, 3.63) is 87.4 Å². The van der Waals surface area contributed by atoms with E-state index in [0.717, 1.165) is 17.7 Å². The van der Waals surface area contributed by atoms with E-state index in [1.54, 1.807) is 24.3 Å².